The van der Waals surface area contributed by atoms with Crippen molar-refractivity contribution in [3.05, 3.63) is 208 Å². The van der Waals surface area contributed by atoms with E-state index in [1.807, 2.05) is 60.7 Å². The van der Waals surface area contributed by atoms with Crippen molar-refractivity contribution in [2.24, 2.45) is 21.3 Å². The zero-order chi connectivity index (χ0) is 41.1. The van der Waals surface area contributed by atoms with Gasteiger partial charge in [-0.2, -0.15) is 0 Å². The highest BCUT2D eigenvalue weighted by Crippen LogP contribution is 2.39. The number of para-hydroxylation sites is 1. The highest BCUT2D eigenvalue weighted by atomic mass is 15.2. The summed E-state index contributed by atoms with van der Waals surface area (Å²) in [4.78, 5) is 10.1. The van der Waals surface area contributed by atoms with Gasteiger partial charge in [-0.1, -0.05) is 136 Å². The molecule has 60 heavy (non-hydrogen) atoms. The summed E-state index contributed by atoms with van der Waals surface area (Å²) in [6.07, 6.45) is 6.95. The van der Waals surface area contributed by atoms with Gasteiger partial charge in [0, 0.05) is 27.9 Å². The largest absolute Gasteiger partial charge is 0.348 e. The Hall–Kier alpha value is -7.08. The molecule has 1 aromatic heterocycles. The molecule has 1 aliphatic heterocycles. The molecule has 1 aliphatic carbocycles. The molecule has 0 saturated heterocycles. The molecule has 0 saturated carbocycles. The predicted octanol–water partition coefficient (Wildman–Crippen LogP) is 11.1. The van der Waals surface area contributed by atoms with E-state index in [4.69, 9.17) is 9.98 Å². The van der Waals surface area contributed by atoms with E-state index < -0.39 is 0 Å². The summed E-state index contributed by atoms with van der Waals surface area (Å²) in [5.74, 6) is 2.53. The van der Waals surface area contributed by atoms with Crippen molar-refractivity contribution in [1.29, 1.82) is 0 Å². The second kappa shape index (κ2) is 16.6. The van der Waals surface area contributed by atoms with Gasteiger partial charge >= 0.3 is 0 Å². The Bertz CT molecular complexity index is 2910. The van der Waals surface area contributed by atoms with E-state index in [0.29, 0.717) is 11.8 Å². The number of anilines is 2. The number of nitrogens with one attached hydrogen (secondary N) is 2. The van der Waals surface area contributed by atoms with Crippen molar-refractivity contribution in [3.63, 3.8) is 0 Å². The summed E-state index contributed by atoms with van der Waals surface area (Å²) in [5.41, 5.74) is 16.9. The van der Waals surface area contributed by atoms with Gasteiger partial charge in [-0.25, -0.2) is 9.98 Å². The number of aromatic nitrogens is 1. The van der Waals surface area contributed by atoms with Crippen LogP contribution in [-0.2, 0) is 6.42 Å². The fourth-order valence-corrected chi connectivity index (χ4v) is 8.69. The van der Waals surface area contributed by atoms with Gasteiger partial charge in [-0.05, 0) is 126 Å². The molecule has 0 spiro atoms. The third-order valence-electron chi connectivity index (χ3n) is 11.8. The molecule has 2 N–H and O–H groups in total. The van der Waals surface area contributed by atoms with Crippen LogP contribution >= 0.6 is 0 Å². The second-order valence-corrected chi connectivity index (χ2v) is 17.0. The fourth-order valence-electron chi connectivity index (χ4n) is 8.69. The molecule has 5 nitrogen and oxygen atoms in total. The van der Waals surface area contributed by atoms with E-state index in [0.717, 1.165) is 80.8 Å². The van der Waals surface area contributed by atoms with Crippen LogP contribution in [0.2, 0.25) is 0 Å². The lowest BCUT2D eigenvalue weighted by molar-refractivity contribution is 0.294. The maximum atomic E-state index is 5.09. The zero-order valence-corrected chi connectivity index (χ0v) is 34.7. The third-order valence-corrected chi connectivity index (χ3v) is 11.8. The van der Waals surface area contributed by atoms with Crippen LogP contribution < -0.4 is 21.2 Å². The Morgan fingerprint density at radius 2 is 1.50 bits per heavy atom. The number of aliphatic imine (C=N–C) groups is 2. The topological polar surface area (TPSA) is 53.7 Å². The van der Waals surface area contributed by atoms with Gasteiger partial charge < -0.3 is 15.2 Å². The van der Waals surface area contributed by atoms with Gasteiger partial charge in [0.05, 0.1) is 21.8 Å². The van der Waals surface area contributed by atoms with Crippen LogP contribution in [0.15, 0.2) is 167 Å². The molecule has 9 rings (SSSR count). The minimum absolute atomic E-state index is 0.0931. The van der Waals surface area contributed by atoms with Gasteiger partial charge in [0.2, 0.25) is 0 Å². The monoisotopic (exact) mass is 779 g/mol. The maximum absolute atomic E-state index is 5.09. The van der Waals surface area contributed by atoms with Crippen molar-refractivity contribution in [3.8, 4) is 5.69 Å². The summed E-state index contributed by atoms with van der Waals surface area (Å²) < 4.78 is 2.34. The number of nitrogens with zero attached hydrogens (tertiary/aromatic N) is 3. The Morgan fingerprint density at radius 3 is 2.23 bits per heavy atom. The predicted molar refractivity (Wildman–Crippen MR) is 248 cm³/mol. The third kappa shape index (κ3) is 8.13. The van der Waals surface area contributed by atoms with Crippen molar-refractivity contribution >= 4 is 45.8 Å². The van der Waals surface area contributed by atoms with E-state index in [9.17, 15) is 0 Å². The van der Waals surface area contributed by atoms with Crippen LogP contribution in [0, 0.1) is 23.5 Å². The normalized spacial score (nSPS) is 14.9. The molecule has 2 aliphatic rings. The van der Waals surface area contributed by atoms with Crippen LogP contribution in [0.5, 0.6) is 0 Å². The molecule has 7 aromatic rings. The number of hydrogen-bond donors (Lipinski definition) is 2. The van der Waals surface area contributed by atoms with Gasteiger partial charge in [0.15, 0.2) is 6.17 Å². The highest BCUT2D eigenvalue weighted by molar-refractivity contribution is 6.16. The van der Waals surface area contributed by atoms with Crippen molar-refractivity contribution in [1.82, 2.24) is 9.88 Å². The Kier molecular flexibility index (Phi) is 10.7. The van der Waals surface area contributed by atoms with Crippen molar-refractivity contribution < 1.29 is 0 Å². The van der Waals surface area contributed by atoms with Gasteiger partial charge in [0.1, 0.15) is 11.7 Å². The molecule has 294 valence electrons. The molecular weight excluding hydrogens is 731 g/mol. The van der Waals surface area contributed by atoms with Gasteiger partial charge in [-0.15, -0.1) is 0 Å². The summed E-state index contributed by atoms with van der Waals surface area (Å²) in [7, 11) is 0. The first-order chi connectivity index (χ1) is 29.3. The molecule has 5 heteroatoms. The van der Waals surface area contributed by atoms with Crippen LogP contribution in [0.25, 0.3) is 28.4 Å². The van der Waals surface area contributed by atoms with E-state index >= 15 is 0 Å². The van der Waals surface area contributed by atoms with Crippen molar-refractivity contribution in [2.75, 3.05) is 5.32 Å². The molecule has 0 amide bonds. The highest BCUT2D eigenvalue weighted by Gasteiger charge is 2.26. The summed E-state index contributed by atoms with van der Waals surface area (Å²) in [6.45, 7) is 9.53. The smallest absolute Gasteiger partial charge is 0.169 e. The van der Waals surface area contributed by atoms with Gasteiger partial charge in [0.25, 0.3) is 0 Å². The number of rotatable bonds is 13. The minimum atomic E-state index is -0.339. The van der Waals surface area contributed by atoms with Crippen LogP contribution in [-0.4, -0.2) is 16.2 Å². The molecule has 2 atom stereocenters. The van der Waals surface area contributed by atoms with Crippen LogP contribution in [0.3, 0.4) is 0 Å². The summed E-state index contributed by atoms with van der Waals surface area (Å²) >= 11 is 0. The molecule has 0 bridgehead atoms. The maximum Gasteiger partial charge on any atom is 0.169 e. The zero-order valence-electron chi connectivity index (χ0n) is 34.7. The lowest BCUT2D eigenvalue weighted by Gasteiger charge is -2.30. The standard InChI is InChI=1S/C55H49N5/c1-38(2)45(46-24-14-16-26-49(46)56-43-22-12-7-13-23-43)34-35-55(3,4)37-39-28-33-51-48(36-39)47-25-15-17-27-50(47)60(51)44-31-29-42(30-32-44)54-58-52(40-18-8-5-9-19-40)57-53(59-54)41-20-10-6-11-21-41/h5-12,14,16-22,24,26-33,36,38,45,52,56H,34-35,37H2,1-4H3,(H,57,58,59). The number of hydrogen-bond acceptors (Lipinski definition) is 4. The Morgan fingerprint density at radius 1 is 0.783 bits per heavy atom. The number of allylic oxidation sites excluding steroid dienone is 1. The lowest BCUT2D eigenvalue weighted by atomic mass is 9.75. The van der Waals surface area contributed by atoms with Gasteiger partial charge in [-0.3, -0.25) is 0 Å². The number of benzene rings is 5. The second-order valence-electron chi connectivity index (χ2n) is 17.0. The number of fused-ring (bicyclic) bond motifs is 3. The van der Waals surface area contributed by atoms with Crippen LogP contribution in [0.4, 0.5) is 11.4 Å². The fraction of sp³-hybridized carbons (Fsp3) is 0.200. The molecule has 2 unspecified atom stereocenters. The first kappa shape index (κ1) is 38.4. The lowest BCUT2D eigenvalue weighted by Crippen LogP contribution is -2.36. The van der Waals surface area contributed by atoms with Crippen molar-refractivity contribution in [2.45, 2.75) is 59.0 Å². The first-order valence-corrected chi connectivity index (χ1v) is 21.0. The molecule has 6 aromatic carbocycles. The van der Waals surface area contributed by atoms with E-state index in [2.05, 4.69) is 164 Å². The quantitative estimate of drug-likeness (QED) is 0.115. The average Bonchev–Trinajstić information content (AvgIpc) is 3.61. The number of amidine groups is 2. The van der Waals surface area contributed by atoms with E-state index in [1.54, 1.807) is 0 Å². The average molecular weight is 780 g/mol. The summed E-state index contributed by atoms with van der Waals surface area (Å²) in [5, 5.41) is 10.6. The van der Waals surface area contributed by atoms with E-state index in [1.165, 1.54) is 16.5 Å². The first-order valence-electron chi connectivity index (χ1n) is 21.0. The minimum Gasteiger partial charge on any atom is -0.348 e. The molecular formula is C55H49N5. The summed E-state index contributed by atoms with van der Waals surface area (Å²) in [6, 6.07) is 57.2. The van der Waals surface area contributed by atoms with Crippen LogP contribution in [0.1, 0.15) is 80.4 Å². The molecule has 0 radical (unpaired) electrons. The molecule has 2 heterocycles. The SMILES string of the molecule is CC(C)C(CCC(C)(C)Cc1ccc2c(c1)c1c(n2-c2ccc(C3=NC(c4ccccc4)N=C(c4ccccc4)N3)cc2)=CC=C=C=1)c1ccccc1Nc1c#cccc1. The van der Waals surface area contributed by atoms with E-state index in [-0.39, 0.29) is 11.6 Å². The Balaban J connectivity index is 0.970. The molecule has 0 fully saturated rings. The Labute approximate surface area is 353 Å².